The van der Waals surface area contributed by atoms with Crippen LogP contribution in [0.3, 0.4) is 0 Å². The number of rotatable bonds is 17. The lowest BCUT2D eigenvalue weighted by atomic mass is 9.87. The molecule has 0 bridgehead atoms. The van der Waals surface area contributed by atoms with Crippen LogP contribution >= 0.6 is 7.82 Å². The number of aliphatic hydroxyl groups excluding tert-OH is 1. The number of phosphoric ester groups is 1. The van der Waals surface area contributed by atoms with E-state index in [1.807, 2.05) is 0 Å². The number of Topliss-reactive ketones (excluding diaryl/α,β-unsaturated/α-hetero) is 2. The fraction of sp³-hybridized carbons (Fsp3) is 0.889. The second-order valence-electron chi connectivity index (χ2n) is 6.91. The molecule has 0 aliphatic rings. The number of ketones is 2. The maximum absolute atomic E-state index is 12.1. The lowest BCUT2D eigenvalue weighted by Crippen LogP contribution is -2.56. The molecule has 0 fully saturated rings. The quantitative estimate of drug-likeness (QED) is 0.212. The average molecular weight is 410 g/mol. The van der Waals surface area contributed by atoms with Crippen molar-refractivity contribution >= 4 is 19.4 Å². The molecule has 2 unspecified atom stereocenters. The first-order valence-corrected chi connectivity index (χ1v) is 11.3. The van der Waals surface area contributed by atoms with E-state index in [-0.39, 0.29) is 12.8 Å². The molecule has 0 spiro atoms. The Hall–Kier alpha value is -0.630. The van der Waals surface area contributed by atoms with E-state index in [0.717, 1.165) is 25.7 Å². The Labute approximate surface area is 161 Å². The van der Waals surface area contributed by atoms with Crippen molar-refractivity contribution in [2.75, 3.05) is 6.61 Å². The van der Waals surface area contributed by atoms with Gasteiger partial charge < -0.3 is 20.0 Å². The number of carbonyl (C=O) groups excluding carboxylic acids is 2. The van der Waals surface area contributed by atoms with Crippen LogP contribution < -0.4 is 0 Å². The average Bonchev–Trinajstić information content (AvgIpc) is 2.62. The van der Waals surface area contributed by atoms with Crippen LogP contribution in [-0.4, -0.2) is 49.9 Å². The minimum Gasteiger partial charge on any atom is -0.382 e. The van der Waals surface area contributed by atoms with E-state index in [0.29, 0.717) is 6.42 Å². The van der Waals surface area contributed by atoms with Crippen LogP contribution in [0.1, 0.15) is 84.5 Å². The van der Waals surface area contributed by atoms with E-state index in [1.54, 1.807) is 0 Å². The summed E-state index contributed by atoms with van der Waals surface area (Å²) in [5.41, 5.74) is -2.66. The van der Waals surface area contributed by atoms with Gasteiger partial charge in [0.1, 0.15) is 0 Å². The van der Waals surface area contributed by atoms with Gasteiger partial charge in [0, 0.05) is 12.8 Å². The normalized spacial score (nSPS) is 15.3. The number of hydrogen-bond donors (Lipinski definition) is 4. The largest absolute Gasteiger partial charge is 0.469 e. The van der Waals surface area contributed by atoms with Gasteiger partial charge in [-0.05, 0) is 6.42 Å². The molecule has 0 aromatic carbocycles. The number of unbranched alkanes of at least 4 members (excludes halogenated alkanes) is 8. The van der Waals surface area contributed by atoms with Gasteiger partial charge in [0.2, 0.25) is 0 Å². The molecule has 0 saturated heterocycles. The second kappa shape index (κ2) is 13.5. The van der Waals surface area contributed by atoms with Crippen molar-refractivity contribution in [3.8, 4) is 0 Å². The maximum Gasteiger partial charge on any atom is 0.469 e. The number of hydrogen-bond acceptors (Lipinski definition) is 6. The summed E-state index contributed by atoms with van der Waals surface area (Å²) in [6.45, 7) is 2.43. The summed E-state index contributed by atoms with van der Waals surface area (Å²) >= 11 is 0. The van der Waals surface area contributed by atoms with Crippen molar-refractivity contribution in [2.24, 2.45) is 0 Å². The summed E-state index contributed by atoms with van der Waals surface area (Å²) in [7, 11) is -4.96. The Balaban J connectivity index is 4.38. The summed E-state index contributed by atoms with van der Waals surface area (Å²) < 4.78 is 15.0. The van der Waals surface area contributed by atoms with Crippen molar-refractivity contribution in [1.29, 1.82) is 0 Å². The third-order valence-electron chi connectivity index (χ3n) is 4.54. The molecule has 8 nitrogen and oxygen atoms in total. The molecular formula is C18H35O8P. The first-order valence-electron chi connectivity index (χ1n) is 9.75. The first-order chi connectivity index (χ1) is 12.6. The van der Waals surface area contributed by atoms with E-state index in [9.17, 15) is 24.4 Å². The highest BCUT2D eigenvalue weighted by atomic mass is 31.2. The van der Waals surface area contributed by atoms with Crippen LogP contribution in [0, 0.1) is 0 Å². The smallest absolute Gasteiger partial charge is 0.382 e. The van der Waals surface area contributed by atoms with Crippen LogP contribution in [0.25, 0.3) is 0 Å². The zero-order chi connectivity index (χ0) is 20.9. The molecule has 0 aliphatic carbocycles. The van der Waals surface area contributed by atoms with Crippen molar-refractivity contribution < 1.29 is 38.7 Å². The van der Waals surface area contributed by atoms with Gasteiger partial charge in [-0.25, -0.2) is 4.57 Å². The number of carbonyl (C=O) groups is 2. The molecule has 27 heavy (non-hydrogen) atoms. The Kier molecular flexibility index (Phi) is 13.2. The van der Waals surface area contributed by atoms with E-state index in [1.165, 1.54) is 32.6 Å². The van der Waals surface area contributed by atoms with E-state index < -0.39 is 37.7 Å². The number of phosphoric acid groups is 1. The van der Waals surface area contributed by atoms with Crippen LogP contribution in [0.2, 0.25) is 0 Å². The fourth-order valence-electron chi connectivity index (χ4n) is 2.81. The summed E-state index contributed by atoms with van der Waals surface area (Å²) in [5, 5.41) is 20.4. The van der Waals surface area contributed by atoms with Crippen LogP contribution in [0.15, 0.2) is 0 Å². The highest BCUT2D eigenvalue weighted by molar-refractivity contribution is 7.46. The SMILES string of the molecule is CCCCCCCCCCCC(=O)C(O)C(O)(COP(=O)(O)O)C(=O)CC. The monoisotopic (exact) mass is 410 g/mol. The molecule has 0 aromatic heterocycles. The summed E-state index contributed by atoms with van der Waals surface area (Å²) in [4.78, 5) is 41.5. The molecular weight excluding hydrogens is 375 g/mol. The molecule has 0 aromatic rings. The molecule has 0 heterocycles. The molecule has 0 rings (SSSR count). The molecule has 9 heteroatoms. The highest BCUT2D eigenvalue weighted by Gasteiger charge is 2.47. The molecule has 0 aliphatic heterocycles. The van der Waals surface area contributed by atoms with Crippen LogP contribution in [0.4, 0.5) is 0 Å². The van der Waals surface area contributed by atoms with E-state index >= 15 is 0 Å². The Morgan fingerprint density at radius 2 is 1.44 bits per heavy atom. The highest BCUT2D eigenvalue weighted by Crippen LogP contribution is 2.37. The van der Waals surface area contributed by atoms with Crippen molar-refractivity contribution in [1.82, 2.24) is 0 Å². The van der Waals surface area contributed by atoms with Gasteiger partial charge in [-0.2, -0.15) is 0 Å². The predicted molar refractivity (Wildman–Crippen MR) is 101 cm³/mol. The zero-order valence-corrected chi connectivity index (χ0v) is 17.3. The van der Waals surface area contributed by atoms with Crippen molar-refractivity contribution in [2.45, 2.75) is 96.2 Å². The van der Waals surface area contributed by atoms with Gasteiger partial charge in [-0.15, -0.1) is 0 Å². The first kappa shape index (κ1) is 26.4. The van der Waals surface area contributed by atoms with Gasteiger partial charge in [-0.3, -0.25) is 14.1 Å². The Bertz CT molecular complexity index is 490. The fourth-order valence-corrected chi connectivity index (χ4v) is 3.18. The predicted octanol–water partition coefficient (Wildman–Crippen LogP) is 2.66. The lowest BCUT2D eigenvalue weighted by molar-refractivity contribution is -0.164. The maximum atomic E-state index is 12.1. The van der Waals surface area contributed by atoms with Gasteiger partial charge in [0.25, 0.3) is 0 Å². The number of aliphatic hydroxyl groups is 2. The summed E-state index contributed by atoms with van der Waals surface area (Å²) in [5.74, 6) is -1.65. The van der Waals surface area contributed by atoms with Gasteiger partial charge >= 0.3 is 7.82 Å². The topological polar surface area (TPSA) is 141 Å². The molecule has 4 N–H and O–H groups in total. The standard InChI is InChI=1S/C18H35O8P/c1-3-5-6-7-8-9-10-11-12-13-15(19)17(21)18(22,16(20)4-2)14-26-27(23,24)25/h17,21-22H,3-14H2,1-2H3,(H2,23,24,25). The van der Waals surface area contributed by atoms with Crippen molar-refractivity contribution in [3.63, 3.8) is 0 Å². The van der Waals surface area contributed by atoms with Gasteiger partial charge in [-0.1, -0.05) is 65.2 Å². The molecule has 2 atom stereocenters. The van der Waals surface area contributed by atoms with Crippen LogP contribution in [0.5, 0.6) is 0 Å². The second-order valence-corrected chi connectivity index (χ2v) is 8.15. The van der Waals surface area contributed by atoms with E-state index in [2.05, 4.69) is 11.4 Å². The van der Waals surface area contributed by atoms with E-state index in [4.69, 9.17) is 9.79 Å². The molecule has 0 saturated carbocycles. The van der Waals surface area contributed by atoms with Gasteiger partial charge in [0.15, 0.2) is 23.3 Å². The lowest BCUT2D eigenvalue weighted by Gasteiger charge is -2.30. The Morgan fingerprint density at radius 3 is 1.89 bits per heavy atom. The van der Waals surface area contributed by atoms with Crippen molar-refractivity contribution in [3.05, 3.63) is 0 Å². The van der Waals surface area contributed by atoms with Crippen LogP contribution in [-0.2, 0) is 18.7 Å². The molecule has 0 radical (unpaired) electrons. The molecule has 160 valence electrons. The minimum atomic E-state index is -4.96. The third kappa shape index (κ3) is 11.1. The van der Waals surface area contributed by atoms with Gasteiger partial charge in [0.05, 0.1) is 6.61 Å². The Morgan fingerprint density at radius 1 is 0.963 bits per heavy atom. The summed E-state index contributed by atoms with van der Waals surface area (Å²) in [6.07, 6.45) is 7.09. The molecule has 0 amide bonds. The third-order valence-corrected chi connectivity index (χ3v) is 5.01. The summed E-state index contributed by atoms with van der Waals surface area (Å²) in [6, 6.07) is 0. The zero-order valence-electron chi connectivity index (χ0n) is 16.4. The minimum absolute atomic E-state index is 0.0216.